The fraction of sp³-hybridized carbons (Fsp3) is 0.133. The molecule has 0 fully saturated rings. The van der Waals surface area contributed by atoms with Gasteiger partial charge in [-0.05, 0) is 59.8 Å². The number of nitrogens with zero attached hydrogens (tertiary/aromatic N) is 1. The van der Waals surface area contributed by atoms with E-state index in [1.54, 1.807) is 12.3 Å². The van der Waals surface area contributed by atoms with E-state index in [0.717, 1.165) is 32.0 Å². The number of hydrogen-bond acceptors (Lipinski definition) is 3. The lowest BCUT2D eigenvalue weighted by Crippen LogP contribution is -2.01. The molecular weight excluding hydrogens is 384 g/mol. The highest BCUT2D eigenvalue weighted by Gasteiger charge is 2.11. The summed E-state index contributed by atoms with van der Waals surface area (Å²) in [6.45, 7) is 2.48. The number of furan rings is 1. The molecule has 0 saturated carbocycles. The van der Waals surface area contributed by atoms with Crippen molar-refractivity contribution in [1.29, 1.82) is 0 Å². The molecular formula is C15H13FIN3O. The molecule has 3 aromatic rings. The van der Waals surface area contributed by atoms with Crippen molar-refractivity contribution in [3.05, 3.63) is 57.2 Å². The molecule has 108 valence electrons. The molecule has 0 spiro atoms. The molecule has 0 saturated heterocycles. The summed E-state index contributed by atoms with van der Waals surface area (Å²) in [7, 11) is 0. The van der Waals surface area contributed by atoms with Crippen molar-refractivity contribution in [2.75, 3.05) is 5.32 Å². The van der Waals surface area contributed by atoms with Gasteiger partial charge in [0.15, 0.2) is 5.76 Å². The highest BCUT2D eigenvalue weighted by Crippen LogP contribution is 2.25. The van der Waals surface area contributed by atoms with E-state index >= 15 is 0 Å². The maximum Gasteiger partial charge on any atom is 0.152 e. The maximum atomic E-state index is 13.1. The van der Waals surface area contributed by atoms with Crippen LogP contribution in [0, 0.1) is 16.3 Å². The Morgan fingerprint density at radius 3 is 2.90 bits per heavy atom. The van der Waals surface area contributed by atoms with Crippen molar-refractivity contribution in [3.63, 3.8) is 0 Å². The first-order valence-electron chi connectivity index (χ1n) is 6.41. The van der Waals surface area contributed by atoms with Crippen LogP contribution < -0.4 is 5.32 Å². The summed E-state index contributed by atoms with van der Waals surface area (Å²) >= 11 is 2.11. The highest BCUT2D eigenvalue weighted by atomic mass is 127. The van der Waals surface area contributed by atoms with Gasteiger partial charge >= 0.3 is 0 Å². The molecule has 0 aliphatic heterocycles. The van der Waals surface area contributed by atoms with Gasteiger partial charge in [-0.25, -0.2) is 4.39 Å². The predicted molar refractivity (Wildman–Crippen MR) is 87.5 cm³/mol. The minimum atomic E-state index is -0.236. The van der Waals surface area contributed by atoms with Gasteiger partial charge in [0.25, 0.3) is 0 Å². The number of anilines is 1. The lowest BCUT2D eigenvalue weighted by molar-refractivity contribution is 0.545. The summed E-state index contributed by atoms with van der Waals surface area (Å²) in [6.07, 6.45) is 1.76. The summed E-state index contributed by atoms with van der Waals surface area (Å²) in [5, 5.41) is 10.3. The molecule has 0 bridgehead atoms. The number of aromatic amines is 1. The summed E-state index contributed by atoms with van der Waals surface area (Å²) in [5.41, 5.74) is 2.73. The van der Waals surface area contributed by atoms with Gasteiger partial charge in [-0.3, -0.25) is 5.10 Å². The van der Waals surface area contributed by atoms with Crippen LogP contribution in [-0.4, -0.2) is 10.2 Å². The first-order chi connectivity index (χ1) is 10.1. The zero-order valence-corrected chi connectivity index (χ0v) is 13.4. The Hall–Kier alpha value is -1.83. The zero-order valence-electron chi connectivity index (χ0n) is 11.3. The van der Waals surface area contributed by atoms with Gasteiger partial charge in [0.1, 0.15) is 17.3 Å². The second kappa shape index (κ2) is 5.88. The van der Waals surface area contributed by atoms with Crippen molar-refractivity contribution in [1.82, 2.24) is 10.2 Å². The molecule has 2 N–H and O–H groups in total. The van der Waals surface area contributed by atoms with Crippen molar-refractivity contribution in [3.8, 4) is 11.5 Å². The van der Waals surface area contributed by atoms with Crippen molar-refractivity contribution < 1.29 is 8.81 Å². The Balaban J connectivity index is 1.79. The van der Waals surface area contributed by atoms with E-state index < -0.39 is 0 Å². The van der Waals surface area contributed by atoms with Gasteiger partial charge in [-0.2, -0.15) is 5.10 Å². The zero-order chi connectivity index (χ0) is 14.8. The van der Waals surface area contributed by atoms with E-state index in [-0.39, 0.29) is 5.82 Å². The molecule has 3 rings (SSSR count). The second-order valence-corrected chi connectivity index (χ2v) is 5.82. The van der Waals surface area contributed by atoms with E-state index in [9.17, 15) is 4.39 Å². The van der Waals surface area contributed by atoms with Gasteiger partial charge in [-0.15, -0.1) is 0 Å². The topological polar surface area (TPSA) is 53.9 Å². The maximum absolute atomic E-state index is 13.1. The number of aromatic nitrogens is 2. The normalized spacial score (nSPS) is 10.8. The van der Waals surface area contributed by atoms with Gasteiger partial charge in [0, 0.05) is 21.4 Å². The smallest absolute Gasteiger partial charge is 0.152 e. The summed E-state index contributed by atoms with van der Waals surface area (Å²) < 4.78 is 19.5. The Labute approximate surface area is 134 Å². The molecule has 21 heavy (non-hydrogen) atoms. The van der Waals surface area contributed by atoms with Crippen LogP contribution in [-0.2, 0) is 6.54 Å². The fourth-order valence-electron chi connectivity index (χ4n) is 2.05. The molecule has 6 heteroatoms. The number of hydrogen-bond donors (Lipinski definition) is 2. The first-order valence-corrected chi connectivity index (χ1v) is 7.49. The first kappa shape index (κ1) is 14.1. The Bertz CT molecular complexity index is 766. The average Bonchev–Trinajstić information content (AvgIpc) is 3.06. The molecule has 2 aromatic heterocycles. The lowest BCUT2D eigenvalue weighted by Gasteiger charge is -2.08. The third kappa shape index (κ3) is 3.10. The summed E-state index contributed by atoms with van der Waals surface area (Å²) in [5.74, 6) is 1.38. The van der Waals surface area contributed by atoms with E-state index in [2.05, 4.69) is 38.1 Å². The monoisotopic (exact) mass is 397 g/mol. The average molecular weight is 397 g/mol. The number of H-pyrrole nitrogens is 1. The van der Waals surface area contributed by atoms with E-state index in [1.165, 1.54) is 12.1 Å². The number of benzene rings is 1. The number of rotatable bonds is 4. The Kier molecular flexibility index (Phi) is 3.96. The van der Waals surface area contributed by atoms with E-state index in [1.807, 2.05) is 19.1 Å². The molecule has 0 radical (unpaired) electrons. The molecule has 0 aliphatic carbocycles. The Morgan fingerprint density at radius 2 is 2.19 bits per heavy atom. The van der Waals surface area contributed by atoms with Gasteiger partial charge < -0.3 is 9.73 Å². The third-order valence-corrected chi connectivity index (χ3v) is 4.00. The summed E-state index contributed by atoms with van der Waals surface area (Å²) in [6, 6.07) is 8.49. The predicted octanol–water partition coefficient (Wildman–Crippen LogP) is 4.33. The lowest BCUT2D eigenvalue weighted by atomic mass is 10.2. The molecule has 0 atom stereocenters. The minimum absolute atomic E-state index is 0.236. The third-order valence-electron chi connectivity index (χ3n) is 3.11. The second-order valence-electron chi connectivity index (χ2n) is 4.66. The molecule has 0 aliphatic rings. The van der Waals surface area contributed by atoms with Crippen LogP contribution in [0.15, 0.2) is 40.9 Å². The van der Waals surface area contributed by atoms with Crippen LogP contribution in [0.5, 0.6) is 0 Å². The van der Waals surface area contributed by atoms with Gasteiger partial charge in [0.2, 0.25) is 0 Å². The van der Waals surface area contributed by atoms with Gasteiger partial charge in [-0.1, -0.05) is 0 Å². The quantitative estimate of drug-likeness (QED) is 0.645. The molecule has 0 amide bonds. The molecule has 4 nitrogen and oxygen atoms in total. The van der Waals surface area contributed by atoms with Crippen molar-refractivity contribution in [2.24, 2.45) is 0 Å². The van der Waals surface area contributed by atoms with E-state index in [4.69, 9.17) is 4.42 Å². The highest BCUT2D eigenvalue weighted by molar-refractivity contribution is 14.1. The van der Waals surface area contributed by atoms with Crippen LogP contribution in [0.4, 0.5) is 10.1 Å². The van der Waals surface area contributed by atoms with Crippen molar-refractivity contribution >= 4 is 28.3 Å². The SMILES string of the molecule is Cc1ccc(-c2[nH]ncc2CNc2ccc(F)cc2I)o1. The van der Waals surface area contributed by atoms with Gasteiger partial charge in [0.05, 0.1) is 6.20 Å². The van der Waals surface area contributed by atoms with Crippen LogP contribution in [0.25, 0.3) is 11.5 Å². The largest absolute Gasteiger partial charge is 0.460 e. The van der Waals surface area contributed by atoms with Crippen molar-refractivity contribution in [2.45, 2.75) is 13.5 Å². The molecule has 0 unspecified atom stereocenters. The molecule has 2 heterocycles. The molecule has 1 aromatic carbocycles. The fourth-order valence-corrected chi connectivity index (χ4v) is 2.72. The van der Waals surface area contributed by atoms with Crippen LogP contribution in [0.1, 0.15) is 11.3 Å². The minimum Gasteiger partial charge on any atom is -0.460 e. The number of halogens is 2. The summed E-state index contributed by atoms with van der Waals surface area (Å²) in [4.78, 5) is 0. The number of aryl methyl sites for hydroxylation is 1. The van der Waals surface area contributed by atoms with Crippen LogP contribution in [0.2, 0.25) is 0 Å². The number of nitrogens with one attached hydrogen (secondary N) is 2. The van der Waals surface area contributed by atoms with E-state index in [0.29, 0.717) is 6.54 Å². The van der Waals surface area contributed by atoms with Crippen LogP contribution >= 0.6 is 22.6 Å². The van der Waals surface area contributed by atoms with Crippen LogP contribution in [0.3, 0.4) is 0 Å². The standard InChI is InChI=1S/C15H13FIN3O/c1-9-2-5-14(21-9)15-10(8-19-20-15)7-18-13-4-3-11(16)6-12(13)17/h2-6,8,18H,7H2,1H3,(H,19,20). The Morgan fingerprint density at radius 1 is 1.33 bits per heavy atom.